The van der Waals surface area contributed by atoms with Gasteiger partial charge in [-0.2, -0.15) is 4.68 Å². The van der Waals surface area contributed by atoms with E-state index in [4.69, 9.17) is 5.11 Å². The fourth-order valence-electron chi connectivity index (χ4n) is 1.54. The molecule has 2 rings (SSSR count). The molecule has 94 valence electrons. The highest BCUT2D eigenvalue weighted by atomic mass is 19.1. The zero-order valence-electron chi connectivity index (χ0n) is 9.83. The number of rotatable bonds is 3. The van der Waals surface area contributed by atoms with Gasteiger partial charge in [0.2, 0.25) is 0 Å². The first-order valence-electron chi connectivity index (χ1n) is 5.32. The van der Waals surface area contributed by atoms with E-state index in [0.717, 1.165) is 6.07 Å². The summed E-state index contributed by atoms with van der Waals surface area (Å²) >= 11 is 0. The van der Waals surface area contributed by atoms with E-state index in [1.807, 2.05) is 13.8 Å². The molecule has 0 spiro atoms. The van der Waals surface area contributed by atoms with Gasteiger partial charge in [-0.05, 0) is 28.6 Å². The Kier molecular flexibility index (Phi) is 3.05. The number of hydrogen-bond acceptors (Lipinski definition) is 4. The molecule has 7 heteroatoms. The second-order valence-corrected chi connectivity index (χ2v) is 4.07. The molecule has 1 aromatic heterocycles. The molecule has 1 heterocycles. The fourth-order valence-corrected chi connectivity index (χ4v) is 1.54. The van der Waals surface area contributed by atoms with Gasteiger partial charge in [-0.3, -0.25) is 0 Å². The number of benzene rings is 1. The van der Waals surface area contributed by atoms with Crippen LogP contribution in [0.15, 0.2) is 18.2 Å². The largest absolute Gasteiger partial charge is 0.478 e. The molecule has 0 saturated heterocycles. The Balaban J connectivity index is 2.51. The zero-order valence-corrected chi connectivity index (χ0v) is 9.83. The topological polar surface area (TPSA) is 80.9 Å². The molecule has 0 bridgehead atoms. The molecule has 0 amide bonds. The Morgan fingerprint density at radius 1 is 1.44 bits per heavy atom. The highest BCUT2D eigenvalue weighted by molar-refractivity contribution is 5.87. The summed E-state index contributed by atoms with van der Waals surface area (Å²) < 4.78 is 15.1. The minimum absolute atomic E-state index is 0.0264. The number of aromatic carboxylic acids is 1. The van der Waals surface area contributed by atoms with E-state index in [0.29, 0.717) is 5.82 Å². The second kappa shape index (κ2) is 4.52. The summed E-state index contributed by atoms with van der Waals surface area (Å²) in [6.45, 7) is 3.76. The average molecular weight is 250 g/mol. The van der Waals surface area contributed by atoms with Crippen LogP contribution in [0.3, 0.4) is 0 Å². The Labute approximate surface area is 102 Å². The van der Waals surface area contributed by atoms with Crippen LogP contribution in [0.2, 0.25) is 0 Å². The number of halogens is 1. The van der Waals surface area contributed by atoms with E-state index in [2.05, 4.69) is 15.5 Å². The number of carboxylic acid groups (broad SMARTS) is 1. The first-order chi connectivity index (χ1) is 8.50. The van der Waals surface area contributed by atoms with Crippen molar-refractivity contribution in [3.05, 3.63) is 35.4 Å². The van der Waals surface area contributed by atoms with Crippen LogP contribution >= 0.6 is 0 Å². The third kappa shape index (κ3) is 2.06. The van der Waals surface area contributed by atoms with Crippen LogP contribution in [0.25, 0.3) is 5.69 Å². The monoisotopic (exact) mass is 250 g/mol. The minimum Gasteiger partial charge on any atom is -0.478 e. The Morgan fingerprint density at radius 3 is 2.72 bits per heavy atom. The van der Waals surface area contributed by atoms with Gasteiger partial charge in [0.1, 0.15) is 11.5 Å². The van der Waals surface area contributed by atoms with Crippen LogP contribution in [0.4, 0.5) is 4.39 Å². The van der Waals surface area contributed by atoms with Crippen LogP contribution in [0, 0.1) is 5.82 Å². The van der Waals surface area contributed by atoms with E-state index in [-0.39, 0.29) is 17.2 Å². The summed E-state index contributed by atoms with van der Waals surface area (Å²) in [7, 11) is 0. The first-order valence-corrected chi connectivity index (χ1v) is 5.32. The average Bonchev–Trinajstić information content (AvgIpc) is 2.77. The Bertz CT molecular complexity index is 594. The number of hydrogen-bond donors (Lipinski definition) is 1. The van der Waals surface area contributed by atoms with Crippen molar-refractivity contribution in [1.82, 2.24) is 20.2 Å². The first kappa shape index (κ1) is 12.2. The third-order valence-corrected chi connectivity index (χ3v) is 2.43. The number of carboxylic acids is 1. The molecule has 0 aliphatic heterocycles. The molecular weight excluding hydrogens is 239 g/mol. The van der Waals surface area contributed by atoms with Crippen molar-refractivity contribution in [1.29, 1.82) is 0 Å². The Morgan fingerprint density at radius 2 is 2.17 bits per heavy atom. The molecule has 0 saturated carbocycles. The van der Waals surface area contributed by atoms with E-state index in [9.17, 15) is 9.18 Å². The van der Waals surface area contributed by atoms with Crippen LogP contribution in [0.5, 0.6) is 0 Å². The molecule has 0 fully saturated rings. The summed E-state index contributed by atoms with van der Waals surface area (Å²) in [4.78, 5) is 10.7. The van der Waals surface area contributed by atoms with E-state index in [1.165, 1.54) is 16.8 Å². The van der Waals surface area contributed by atoms with Gasteiger partial charge in [-0.15, -0.1) is 5.10 Å². The van der Waals surface area contributed by atoms with Gasteiger partial charge < -0.3 is 5.11 Å². The highest BCUT2D eigenvalue weighted by Crippen LogP contribution is 2.19. The van der Waals surface area contributed by atoms with Crippen LogP contribution < -0.4 is 0 Å². The summed E-state index contributed by atoms with van der Waals surface area (Å²) in [6.07, 6.45) is 0. The maximum Gasteiger partial charge on any atom is 0.335 e. The van der Waals surface area contributed by atoms with Crippen LogP contribution in [0.1, 0.15) is 35.9 Å². The molecule has 0 unspecified atom stereocenters. The molecule has 0 radical (unpaired) electrons. The number of carbonyl (C=O) groups is 1. The SMILES string of the molecule is CC(C)c1nnnn1-c1ccc(C(=O)O)cc1F. The summed E-state index contributed by atoms with van der Waals surface area (Å²) in [5.41, 5.74) is 0.0177. The quantitative estimate of drug-likeness (QED) is 0.895. The molecule has 0 atom stereocenters. The minimum atomic E-state index is -1.18. The summed E-state index contributed by atoms with van der Waals surface area (Å²) in [6, 6.07) is 3.61. The van der Waals surface area contributed by atoms with Crippen molar-refractivity contribution in [3.63, 3.8) is 0 Å². The van der Waals surface area contributed by atoms with Crippen LogP contribution in [-0.2, 0) is 0 Å². The Hall–Kier alpha value is -2.31. The van der Waals surface area contributed by atoms with Crippen molar-refractivity contribution in [2.75, 3.05) is 0 Å². The van der Waals surface area contributed by atoms with Crippen LogP contribution in [-0.4, -0.2) is 31.3 Å². The highest BCUT2D eigenvalue weighted by Gasteiger charge is 2.16. The van der Waals surface area contributed by atoms with Gasteiger partial charge in [0.15, 0.2) is 5.82 Å². The molecule has 0 aliphatic rings. The van der Waals surface area contributed by atoms with Gasteiger partial charge in [-0.25, -0.2) is 9.18 Å². The standard InChI is InChI=1S/C11H11FN4O2/c1-6(2)10-13-14-15-16(10)9-4-3-7(11(17)18)5-8(9)12/h3-6H,1-2H3,(H,17,18). The fraction of sp³-hybridized carbons (Fsp3) is 0.273. The van der Waals surface area contributed by atoms with Crippen molar-refractivity contribution in [3.8, 4) is 5.69 Å². The van der Waals surface area contributed by atoms with Crippen molar-refractivity contribution in [2.45, 2.75) is 19.8 Å². The van der Waals surface area contributed by atoms with Crippen molar-refractivity contribution >= 4 is 5.97 Å². The lowest BCUT2D eigenvalue weighted by molar-refractivity contribution is 0.0696. The predicted molar refractivity (Wildman–Crippen MR) is 60.2 cm³/mol. The van der Waals surface area contributed by atoms with Gasteiger partial charge in [-0.1, -0.05) is 13.8 Å². The summed E-state index contributed by atoms with van der Waals surface area (Å²) in [5.74, 6) is -1.32. The van der Waals surface area contributed by atoms with E-state index < -0.39 is 11.8 Å². The van der Waals surface area contributed by atoms with E-state index in [1.54, 1.807) is 0 Å². The van der Waals surface area contributed by atoms with Gasteiger partial charge >= 0.3 is 5.97 Å². The zero-order chi connectivity index (χ0) is 13.3. The molecule has 0 aliphatic carbocycles. The number of nitrogens with zero attached hydrogens (tertiary/aromatic N) is 4. The molecular formula is C11H11FN4O2. The van der Waals surface area contributed by atoms with Crippen molar-refractivity contribution < 1.29 is 14.3 Å². The second-order valence-electron chi connectivity index (χ2n) is 4.07. The molecule has 1 N–H and O–H groups in total. The van der Waals surface area contributed by atoms with Gasteiger partial charge in [0.05, 0.1) is 5.56 Å². The van der Waals surface area contributed by atoms with E-state index >= 15 is 0 Å². The smallest absolute Gasteiger partial charge is 0.335 e. The summed E-state index contributed by atoms with van der Waals surface area (Å²) in [5, 5.41) is 19.8. The lowest BCUT2D eigenvalue weighted by atomic mass is 10.1. The van der Waals surface area contributed by atoms with Crippen molar-refractivity contribution in [2.24, 2.45) is 0 Å². The third-order valence-electron chi connectivity index (χ3n) is 2.43. The van der Waals surface area contributed by atoms with Gasteiger partial charge in [0.25, 0.3) is 0 Å². The predicted octanol–water partition coefficient (Wildman–Crippen LogP) is 1.62. The lowest BCUT2D eigenvalue weighted by Crippen LogP contribution is -2.08. The molecule has 18 heavy (non-hydrogen) atoms. The maximum absolute atomic E-state index is 13.8. The molecule has 2 aromatic rings. The normalized spacial score (nSPS) is 10.9. The van der Waals surface area contributed by atoms with Gasteiger partial charge in [0, 0.05) is 5.92 Å². The number of tetrazole rings is 1. The number of aromatic nitrogens is 4. The maximum atomic E-state index is 13.8. The lowest BCUT2D eigenvalue weighted by Gasteiger charge is -2.08. The molecule has 6 nitrogen and oxygen atoms in total. The molecule has 1 aromatic carbocycles.